The average Bonchev–Trinajstić information content (AvgIpc) is 2.97. The predicted molar refractivity (Wildman–Crippen MR) is 82.2 cm³/mol. The summed E-state index contributed by atoms with van der Waals surface area (Å²) in [5, 5.41) is 15.7. The Morgan fingerprint density at radius 1 is 1.29 bits per heavy atom. The fourth-order valence-corrected chi connectivity index (χ4v) is 3.06. The minimum absolute atomic E-state index is 0.213. The summed E-state index contributed by atoms with van der Waals surface area (Å²) < 4.78 is 5.29. The molecule has 122 valence electrons. The number of nitrogens with one attached hydrogen (secondary N) is 2. The van der Waals surface area contributed by atoms with Crippen LogP contribution in [0.2, 0.25) is 0 Å². The Labute approximate surface area is 127 Å². The summed E-state index contributed by atoms with van der Waals surface area (Å²) in [5.41, 5.74) is -0.0889. The number of carbonyl (C=O) groups excluding carboxylic acids is 1. The van der Waals surface area contributed by atoms with Gasteiger partial charge in [0.2, 0.25) is 0 Å². The van der Waals surface area contributed by atoms with Gasteiger partial charge in [0.05, 0.1) is 0 Å². The van der Waals surface area contributed by atoms with Crippen LogP contribution in [0.1, 0.15) is 59.3 Å². The average molecular weight is 298 g/mol. The van der Waals surface area contributed by atoms with Crippen molar-refractivity contribution in [2.45, 2.75) is 77.0 Å². The zero-order valence-corrected chi connectivity index (χ0v) is 13.6. The van der Waals surface area contributed by atoms with Gasteiger partial charge in [-0.3, -0.25) is 0 Å². The summed E-state index contributed by atoms with van der Waals surface area (Å²) in [4.78, 5) is 11.8. The van der Waals surface area contributed by atoms with Crippen molar-refractivity contribution in [2.24, 2.45) is 5.41 Å². The molecule has 0 aliphatic heterocycles. The van der Waals surface area contributed by atoms with Gasteiger partial charge in [0.1, 0.15) is 5.60 Å². The molecule has 2 aliphatic carbocycles. The van der Waals surface area contributed by atoms with E-state index >= 15 is 0 Å². The van der Waals surface area contributed by atoms with Gasteiger partial charge in [-0.15, -0.1) is 0 Å². The van der Waals surface area contributed by atoms with E-state index in [2.05, 4.69) is 10.6 Å². The summed E-state index contributed by atoms with van der Waals surface area (Å²) in [5.74, 6) is 0. The van der Waals surface area contributed by atoms with Crippen LogP contribution in [-0.2, 0) is 4.74 Å². The highest BCUT2D eigenvalue weighted by molar-refractivity contribution is 5.68. The van der Waals surface area contributed by atoms with Crippen LogP contribution in [0.3, 0.4) is 0 Å². The maximum Gasteiger partial charge on any atom is 0.407 e. The first-order valence-corrected chi connectivity index (χ1v) is 8.16. The van der Waals surface area contributed by atoms with E-state index in [0.717, 1.165) is 32.2 Å². The fourth-order valence-electron chi connectivity index (χ4n) is 3.06. The van der Waals surface area contributed by atoms with E-state index in [1.807, 2.05) is 20.8 Å². The van der Waals surface area contributed by atoms with E-state index in [-0.39, 0.29) is 18.7 Å². The first-order valence-electron chi connectivity index (χ1n) is 8.16. The Balaban J connectivity index is 1.65. The summed E-state index contributed by atoms with van der Waals surface area (Å²) in [6.07, 6.45) is 6.12. The number of carbonyl (C=O) groups is 1. The number of rotatable bonds is 6. The smallest absolute Gasteiger partial charge is 0.407 e. The zero-order chi connectivity index (χ0) is 15.5. The Bertz CT molecular complexity index is 361. The van der Waals surface area contributed by atoms with Gasteiger partial charge in [-0.2, -0.15) is 0 Å². The molecule has 2 aliphatic rings. The molecule has 0 saturated heterocycles. The lowest BCUT2D eigenvalue weighted by Crippen LogP contribution is -2.39. The third-order valence-corrected chi connectivity index (χ3v) is 4.52. The molecule has 2 atom stereocenters. The monoisotopic (exact) mass is 298 g/mol. The summed E-state index contributed by atoms with van der Waals surface area (Å²) in [6, 6.07) is 0.687. The standard InChI is InChI=1S/C16H30N2O3/c1-15(2,3)21-14(20)18-13-5-4-12(10-13)17-11-16(6-7-16)8-9-19/h12-13,17,19H,4-11H2,1-3H3,(H,18,20). The van der Waals surface area contributed by atoms with Crippen molar-refractivity contribution in [3.05, 3.63) is 0 Å². The van der Waals surface area contributed by atoms with Gasteiger partial charge >= 0.3 is 6.09 Å². The SMILES string of the molecule is CC(C)(C)OC(=O)NC1CCC(NCC2(CCO)CC2)C1. The molecule has 21 heavy (non-hydrogen) atoms. The molecule has 0 spiro atoms. The highest BCUT2D eigenvalue weighted by Gasteiger charge is 2.42. The first kappa shape index (κ1) is 16.6. The van der Waals surface area contributed by atoms with Gasteiger partial charge in [-0.05, 0) is 64.7 Å². The highest BCUT2D eigenvalue weighted by atomic mass is 16.6. The molecule has 0 heterocycles. The third-order valence-electron chi connectivity index (χ3n) is 4.52. The molecule has 5 heteroatoms. The fraction of sp³-hybridized carbons (Fsp3) is 0.938. The Kier molecular flexibility index (Phi) is 5.15. The number of hydrogen-bond acceptors (Lipinski definition) is 4. The van der Waals surface area contributed by atoms with Crippen molar-refractivity contribution in [2.75, 3.05) is 13.2 Å². The molecule has 0 aromatic rings. The number of alkyl carbamates (subject to hydrolysis) is 1. The summed E-state index contributed by atoms with van der Waals surface area (Å²) in [6.45, 7) is 6.91. The quantitative estimate of drug-likeness (QED) is 0.703. The second-order valence-corrected chi connectivity index (χ2v) is 7.71. The van der Waals surface area contributed by atoms with Crippen LogP contribution >= 0.6 is 0 Å². The Morgan fingerprint density at radius 3 is 2.52 bits per heavy atom. The summed E-state index contributed by atoms with van der Waals surface area (Å²) in [7, 11) is 0. The van der Waals surface area contributed by atoms with Gasteiger partial charge < -0.3 is 20.5 Å². The topological polar surface area (TPSA) is 70.6 Å². The van der Waals surface area contributed by atoms with E-state index in [1.54, 1.807) is 0 Å². The van der Waals surface area contributed by atoms with Crippen LogP contribution in [0.25, 0.3) is 0 Å². The van der Waals surface area contributed by atoms with Crippen molar-refractivity contribution in [1.82, 2.24) is 10.6 Å². The minimum atomic E-state index is -0.441. The largest absolute Gasteiger partial charge is 0.444 e. The molecule has 2 unspecified atom stereocenters. The molecule has 5 nitrogen and oxygen atoms in total. The number of amides is 1. The molecule has 0 aromatic heterocycles. The zero-order valence-electron chi connectivity index (χ0n) is 13.6. The number of aliphatic hydroxyl groups excluding tert-OH is 1. The van der Waals surface area contributed by atoms with Crippen LogP contribution in [-0.4, -0.2) is 42.0 Å². The molecule has 1 amide bonds. The van der Waals surface area contributed by atoms with E-state index in [0.29, 0.717) is 11.5 Å². The highest BCUT2D eigenvalue weighted by Crippen LogP contribution is 2.48. The molecule has 2 fully saturated rings. The predicted octanol–water partition coefficient (Wildman–Crippen LogP) is 2.18. The van der Waals surface area contributed by atoms with Crippen molar-refractivity contribution < 1.29 is 14.6 Å². The Hall–Kier alpha value is -0.810. The third kappa shape index (κ3) is 5.47. The molecular formula is C16H30N2O3. The number of aliphatic hydroxyl groups is 1. The van der Waals surface area contributed by atoms with Crippen LogP contribution in [0.5, 0.6) is 0 Å². The maximum absolute atomic E-state index is 11.8. The first-order chi connectivity index (χ1) is 9.82. The van der Waals surface area contributed by atoms with Crippen molar-refractivity contribution in [3.8, 4) is 0 Å². The normalized spacial score (nSPS) is 27.4. The number of ether oxygens (including phenoxy) is 1. The molecule has 0 radical (unpaired) electrons. The van der Waals surface area contributed by atoms with Gasteiger partial charge in [-0.25, -0.2) is 4.79 Å². The van der Waals surface area contributed by atoms with E-state index in [9.17, 15) is 4.79 Å². The van der Waals surface area contributed by atoms with E-state index < -0.39 is 5.60 Å². The lowest BCUT2D eigenvalue weighted by molar-refractivity contribution is 0.0505. The second kappa shape index (κ2) is 6.53. The lowest BCUT2D eigenvalue weighted by Gasteiger charge is -2.22. The molecule has 2 rings (SSSR count). The second-order valence-electron chi connectivity index (χ2n) is 7.71. The van der Waals surface area contributed by atoms with E-state index in [4.69, 9.17) is 9.84 Å². The molecule has 2 saturated carbocycles. The Morgan fingerprint density at radius 2 is 1.95 bits per heavy atom. The summed E-state index contributed by atoms with van der Waals surface area (Å²) >= 11 is 0. The number of hydrogen-bond donors (Lipinski definition) is 3. The van der Waals surface area contributed by atoms with Crippen LogP contribution in [0.4, 0.5) is 4.79 Å². The molecular weight excluding hydrogens is 268 g/mol. The van der Waals surface area contributed by atoms with E-state index in [1.165, 1.54) is 12.8 Å². The molecule has 0 aromatic carbocycles. The van der Waals surface area contributed by atoms with Crippen molar-refractivity contribution in [1.29, 1.82) is 0 Å². The lowest BCUT2D eigenvalue weighted by atomic mass is 10.0. The molecule has 3 N–H and O–H groups in total. The van der Waals surface area contributed by atoms with Crippen LogP contribution < -0.4 is 10.6 Å². The van der Waals surface area contributed by atoms with Gasteiger partial charge in [-0.1, -0.05) is 0 Å². The maximum atomic E-state index is 11.8. The van der Waals surface area contributed by atoms with Crippen LogP contribution in [0.15, 0.2) is 0 Å². The van der Waals surface area contributed by atoms with Crippen molar-refractivity contribution in [3.63, 3.8) is 0 Å². The van der Waals surface area contributed by atoms with Crippen LogP contribution in [0, 0.1) is 5.41 Å². The van der Waals surface area contributed by atoms with Crippen molar-refractivity contribution >= 4 is 6.09 Å². The minimum Gasteiger partial charge on any atom is -0.444 e. The van der Waals surface area contributed by atoms with Gasteiger partial charge in [0, 0.05) is 25.2 Å². The van der Waals surface area contributed by atoms with Gasteiger partial charge in [0.15, 0.2) is 0 Å². The van der Waals surface area contributed by atoms with Gasteiger partial charge in [0.25, 0.3) is 0 Å². The molecule has 0 bridgehead atoms.